The van der Waals surface area contributed by atoms with Crippen molar-refractivity contribution >= 4 is 23.0 Å². The van der Waals surface area contributed by atoms with Crippen molar-refractivity contribution in [2.75, 3.05) is 13.2 Å². The Kier molecular flexibility index (Phi) is 5.79. The van der Waals surface area contributed by atoms with E-state index in [1.165, 1.54) is 6.26 Å². The Morgan fingerprint density at radius 2 is 1.94 bits per heavy atom. The number of ether oxygens (including phenoxy) is 1. The third kappa shape index (κ3) is 4.32. The highest BCUT2D eigenvalue weighted by Crippen LogP contribution is 2.27. The first-order chi connectivity index (χ1) is 15.1. The summed E-state index contributed by atoms with van der Waals surface area (Å²) >= 11 is 0. The molecule has 0 aliphatic heterocycles. The molecule has 0 atom stereocenters. The summed E-state index contributed by atoms with van der Waals surface area (Å²) in [6, 6.07) is 14.6. The van der Waals surface area contributed by atoms with E-state index >= 15 is 0 Å². The molecule has 8 nitrogen and oxygen atoms in total. The molecule has 4 rings (SSSR count). The van der Waals surface area contributed by atoms with Gasteiger partial charge >= 0.3 is 5.97 Å². The number of nitrogens with zero attached hydrogens (tertiary/aromatic N) is 3. The molecule has 1 amide bonds. The highest BCUT2D eigenvalue weighted by atomic mass is 16.5. The minimum Gasteiger partial charge on any atom is -0.463 e. The van der Waals surface area contributed by atoms with Crippen LogP contribution in [0.2, 0.25) is 0 Å². The van der Waals surface area contributed by atoms with Crippen LogP contribution in [-0.4, -0.2) is 40.1 Å². The average molecular weight is 419 g/mol. The molecule has 1 aromatic carbocycles. The number of furan rings is 1. The first-order valence-corrected chi connectivity index (χ1v) is 9.86. The first kappa shape index (κ1) is 20.3. The van der Waals surface area contributed by atoms with Crippen molar-refractivity contribution in [2.24, 2.45) is 0 Å². The molecule has 0 aliphatic rings. The van der Waals surface area contributed by atoms with Gasteiger partial charge in [-0.05, 0) is 37.6 Å². The SMILES string of the molecule is CCN(Cc1ccccc1)C(=O)COC(=O)c1cc(-c2ccco2)nc2onc(C)c12. The minimum absolute atomic E-state index is 0.198. The molecule has 0 N–H and O–H groups in total. The van der Waals surface area contributed by atoms with Gasteiger partial charge in [-0.15, -0.1) is 0 Å². The number of hydrogen-bond acceptors (Lipinski definition) is 7. The molecule has 0 aliphatic carbocycles. The smallest absolute Gasteiger partial charge is 0.339 e. The van der Waals surface area contributed by atoms with Crippen LogP contribution in [0.3, 0.4) is 0 Å². The quantitative estimate of drug-likeness (QED) is 0.418. The molecule has 0 spiro atoms. The van der Waals surface area contributed by atoms with Crippen molar-refractivity contribution in [1.82, 2.24) is 15.0 Å². The van der Waals surface area contributed by atoms with Gasteiger partial charge in [-0.25, -0.2) is 9.78 Å². The monoisotopic (exact) mass is 419 g/mol. The fourth-order valence-electron chi connectivity index (χ4n) is 3.28. The Bertz CT molecular complexity index is 1200. The molecular weight excluding hydrogens is 398 g/mol. The number of rotatable bonds is 7. The van der Waals surface area contributed by atoms with E-state index < -0.39 is 5.97 Å². The van der Waals surface area contributed by atoms with E-state index in [1.54, 1.807) is 30.0 Å². The molecule has 158 valence electrons. The van der Waals surface area contributed by atoms with Crippen LogP contribution in [0.4, 0.5) is 0 Å². The maximum atomic E-state index is 12.9. The molecule has 0 bridgehead atoms. The van der Waals surface area contributed by atoms with Crippen LogP contribution in [-0.2, 0) is 16.1 Å². The fraction of sp³-hybridized carbons (Fsp3) is 0.217. The lowest BCUT2D eigenvalue weighted by molar-refractivity contribution is -0.134. The Hall–Kier alpha value is -3.94. The molecule has 3 heterocycles. The zero-order valence-corrected chi connectivity index (χ0v) is 17.2. The zero-order valence-electron chi connectivity index (χ0n) is 17.2. The van der Waals surface area contributed by atoms with Gasteiger partial charge in [-0.3, -0.25) is 4.79 Å². The summed E-state index contributed by atoms with van der Waals surface area (Å²) in [7, 11) is 0. The number of aryl methyl sites for hydroxylation is 1. The molecule has 4 aromatic rings. The van der Waals surface area contributed by atoms with Gasteiger partial charge < -0.3 is 18.6 Å². The molecule has 3 aromatic heterocycles. The highest BCUT2D eigenvalue weighted by Gasteiger charge is 2.23. The summed E-state index contributed by atoms with van der Waals surface area (Å²) in [5.41, 5.74) is 2.33. The summed E-state index contributed by atoms with van der Waals surface area (Å²) in [4.78, 5) is 31.5. The lowest BCUT2D eigenvalue weighted by Gasteiger charge is -2.21. The third-order valence-corrected chi connectivity index (χ3v) is 4.89. The molecule has 31 heavy (non-hydrogen) atoms. The van der Waals surface area contributed by atoms with Crippen molar-refractivity contribution < 1.29 is 23.3 Å². The maximum Gasteiger partial charge on any atom is 0.339 e. The number of carbonyl (C=O) groups is 2. The topological polar surface area (TPSA) is 98.7 Å². The third-order valence-electron chi connectivity index (χ3n) is 4.89. The largest absolute Gasteiger partial charge is 0.463 e. The summed E-state index contributed by atoms with van der Waals surface area (Å²) in [6.07, 6.45) is 1.51. The fourth-order valence-corrected chi connectivity index (χ4v) is 3.28. The molecular formula is C23H21N3O5. The normalized spacial score (nSPS) is 10.9. The van der Waals surface area contributed by atoms with Crippen molar-refractivity contribution in [3.8, 4) is 11.5 Å². The van der Waals surface area contributed by atoms with Crippen molar-refractivity contribution in [3.63, 3.8) is 0 Å². The Morgan fingerprint density at radius 1 is 1.13 bits per heavy atom. The van der Waals surface area contributed by atoms with E-state index in [-0.39, 0.29) is 23.8 Å². The van der Waals surface area contributed by atoms with Crippen LogP contribution < -0.4 is 0 Å². The number of likely N-dealkylation sites (N-methyl/N-ethyl adjacent to an activating group) is 1. The van der Waals surface area contributed by atoms with E-state index in [9.17, 15) is 9.59 Å². The van der Waals surface area contributed by atoms with Gasteiger partial charge in [0.2, 0.25) is 0 Å². The number of carbonyl (C=O) groups excluding carboxylic acids is 2. The van der Waals surface area contributed by atoms with Crippen LogP contribution in [0.15, 0.2) is 63.7 Å². The van der Waals surface area contributed by atoms with Crippen LogP contribution in [0.25, 0.3) is 22.6 Å². The van der Waals surface area contributed by atoms with Gasteiger partial charge in [0.05, 0.1) is 22.9 Å². The predicted octanol–water partition coefficient (Wildman–Crippen LogP) is 4.00. The number of aromatic nitrogens is 2. The van der Waals surface area contributed by atoms with E-state index in [1.807, 2.05) is 37.3 Å². The molecule has 0 saturated heterocycles. The predicted molar refractivity (Wildman–Crippen MR) is 112 cm³/mol. The van der Waals surface area contributed by atoms with Gasteiger partial charge in [0.25, 0.3) is 11.6 Å². The molecule has 0 fully saturated rings. The molecule has 0 unspecified atom stereocenters. The lowest BCUT2D eigenvalue weighted by atomic mass is 10.1. The van der Waals surface area contributed by atoms with Crippen LogP contribution >= 0.6 is 0 Å². The Balaban J connectivity index is 1.53. The first-order valence-electron chi connectivity index (χ1n) is 9.86. The Morgan fingerprint density at radius 3 is 2.65 bits per heavy atom. The van der Waals surface area contributed by atoms with Crippen LogP contribution in [0, 0.1) is 6.92 Å². The second-order valence-corrected chi connectivity index (χ2v) is 6.95. The van der Waals surface area contributed by atoms with Crippen LogP contribution in [0.1, 0.15) is 28.5 Å². The van der Waals surface area contributed by atoms with Crippen molar-refractivity contribution in [1.29, 1.82) is 0 Å². The number of fused-ring (bicyclic) bond motifs is 1. The summed E-state index contributed by atoms with van der Waals surface area (Å²) in [5.74, 6) is -0.463. The van der Waals surface area contributed by atoms with Gasteiger partial charge in [-0.2, -0.15) is 0 Å². The highest BCUT2D eigenvalue weighted by molar-refractivity contribution is 6.04. The van der Waals surface area contributed by atoms with E-state index in [2.05, 4.69) is 10.1 Å². The molecule has 0 saturated carbocycles. The standard InChI is InChI=1S/C23H21N3O5/c1-3-26(13-16-8-5-4-6-9-16)20(27)14-30-23(28)17-12-18(19-10-7-11-29-19)24-22-21(17)15(2)25-31-22/h4-12H,3,13-14H2,1-2H3. The van der Waals surface area contributed by atoms with Crippen LogP contribution in [0.5, 0.6) is 0 Å². The maximum absolute atomic E-state index is 12.9. The summed E-state index contributed by atoms with van der Waals surface area (Å²) in [5, 5.41) is 4.34. The second kappa shape index (κ2) is 8.83. The van der Waals surface area contributed by atoms with E-state index in [0.29, 0.717) is 35.6 Å². The van der Waals surface area contributed by atoms with Gasteiger partial charge in [0.15, 0.2) is 12.4 Å². The number of pyridine rings is 1. The number of benzene rings is 1. The van der Waals surface area contributed by atoms with Gasteiger partial charge in [-0.1, -0.05) is 35.5 Å². The number of esters is 1. The molecule has 8 heteroatoms. The minimum atomic E-state index is -0.657. The lowest BCUT2D eigenvalue weighted by Crippen LogP contribution is -2.34. The number of amides is 1. The van der Waals surface area contributed by atoms with Crippen molar-refractivity contribution in [2.45, 2.75) is 20.4 Å². The van der Waals surface area contributed by atoms with Gasteiger partial charge in [0.1, 0.15) is 5.69 Å². The van der Waals surface area contributed by atoms with E-state index in [0.717, 1.165) is 5.56 Å². The average Bonchev–Trinajstić information content (AvgIpc) is 3.46. The second-order valence-electron chi connectivity index (χ2n) is 6.95. The van der Waals surface area contributed by atoms with Crippen molar-refractivity contribution in [3.05, 3.63) is 71.6 Å². The number of hydrogen-bond donors (Lipinski definition) is 0. The van der Waals surface area contributed by atoms with Gasteiger partial charge in [0, 0.05) is 13.1 Å². The Labute approximate surface area is 178 Å². The molecule has 0 radical (unpaired) electrons. The summed E-state index contributed by atoms with van der Waals surface area (Å²) in [6.45, 7) is 4.16. The summed E-state index contributed by atoms with van der Waals surface area (Å²) < 4.78 is 16.0. The van der Waals surface area contributed by atoms with E-state index in [4.69, 9.17) is 13.7 Å². The zero-order chi connectivity index (χ0) is 21.8.